The van der Waals surface area contributed by atoms with E-state index in [0.29, 0.717) is 5.57 Å². The molecule has 2 aromatic carbocycles. The first-order valence-electron chi connectivity index (χ1n) is 7.32. The summed E-state index contributed by atoms with van der Waals surface area (Å²) in [5.41, 5.74) is 1.46. The predicted molar refractivity (Wildman–Crippen MR) is 84.9 cm³/mol. The molecular weight excluding hydrogens is 298 g/mol. The van der Waals surface area contributed by atoms with E-state index in [4.69, 9.17) is 0 Å². The lowest BCUT2D eigenvalue weighted by Gasteiger charge is -2.20. The molecule has 0 saturated heterocycles. The van der Waals surface area contributed by atoms with Gasteiger partial charge in [-0.25, -0.2) is 8.78 Å². The normalized spacial score (nSPS) is 14.5. The summed E-state index contributed by atoms with van der Waals surface area (Å²) in [7, 11) is 0. The molecule has 0 saturated carbocycles. The SMILES string of the molecule is CC(C)(O)c1ccc(C2=Cc3c(F)cc(F)cc3C(=O)C2)cc1. The van der Waals surface area contributed by atoms with Crippen LogP contribution in [0.5, 0.6) is 0 Å². The van der Waals surface area contributed by atoms with E-state index < -0.39 is 17.2 Å². The number of allylic oxidation sites excluding steroid dienone is 1. The number of Topliss-reactive ketones (excluding diaryl/α,β-unsaturated/α-hetero) is 1. The molecule has 23 heavy (non-hydrogen) atoms. The van der Waals surface area contributed by atoms with Crippen LogP contribution in [0.2, 0.25) is 0 Å². The summed E-state index contributed by atoms with van der Waals surface area (Å²) in [5.74, 6) is -1.79. The number of halogens is 2. The van der Waals surface area contributed by atoms with E-state index in [0.717, 1.165) is 23.3 Å². The van der Waals surface area contributed by atoms with Crippen molar-refractivity contribution in [3.05, 3.63) is 70.3 Å². The maximum absolute atomic E-state index is 13.9. The Kier molecular flexibility index (Phi) is 3.65. The zero-order valence-corrected chi connectivity index (χ0v) is 12.9. The van der Waals surface area contributed by atoms with Gasteiger partial charge in [-0.2, -0.15) is 0 Å². The van der Waals surface area contributed by atoms with Crippen LogP contribution in [0.15, 0.2) is 36.4 Å². The van der Waals surface area contributed by atoms with Crippen LogP contribution in [-0.4, -0.2) is 10.9 Å². The van der Waals surface area contributed by atoms with E-state index >= 15 is 0 Å². The number of ketones is 1. The summed E-state index contributed by atoms with van der Waals surface area (Å²) in [6, 6.07) is 8.99. The largest absolute Gasteiger partial charge is 0.386 e. The molecule has 0 spiro atoms. The molecule has 3 rings (SSSR count). The number of carbonyl (C=O) groups excluding carboxylic acids is 1. The number of carbonyl (C=O) groups is 1. The number of benzene rings is 2. The average molecular weight is 314 g/mol. The molecule has 1 aliphatic rings. The van der Waals surface area contributed by atoms with Crippen LogP contribution in [0.4, 0.5) is 8.78 Å². The van der Waals surface area contributed by atoms with Crippen molar-refractivity contribution in [2.24, 2.45) is 0 Å². The minimum absolute atomic E-state index is 0.0827. The van der Waals surface area contributed by atoms with Crippen LogP contribution < -0.4 is 0 Å². The summed E-state index contributed by atoms with van der Waals surface area (Å²) in [6.07, 6.45) is 1.68. The van der Waals surface area contributed by atoms with Crippen LogP contribution in [0.1, 0.15) is 47.3 Å². The minimum atomic E-state index is -0.953. The molecule has 0 atom stereocenters. The quantitative estimate of drug-likeness (QED) is 0.896. The van der Waals surface area contributed by atoms with Crippen molar-refractivity contribution in [2.75, 3.05) is 0 Å². The second-order valence-electron chi connectivity index (χ2n) is 6.25. The number of hydrogen-bond acceptors (Lipinski definition) is 2. The fraction of sp³-hybridized carbons (Fsp3) is 0.211. The van der Waals surface area contributed by atoms with Crippen LogP contribution >= 0.6 is 0 Å². The Labute approximate surface area is 133 Å². The van der Waals surface area contributed by atoms with Crippen molar-refractivity contribution in [3.63, 3.8) is 0 Å². The molecule has 0 aromatic heterocycles. The van der Waals surface area contributed by atoms with Gasteiger partial charge in [0.2, 0.25) is 0 Å². The first-order chi connectivity index (χ1) is 10.8. The molecule has 0 unspecified atom stereocenters. The third-order valence-corrected chi connectivity index (χ3v) is 4.03. The topological polar surface area (TPSA) is 37.3 Å². The Hall–Kier alpha value is -2.33. The zero-order valence-electron chi connectivity index (χ0n) is 12.9. The van der Waals surface area contributed by atoms with Crippen LogP contribution in [-0.2, 0) is 5.60 Å². The first kappa shape index (κ1) is 15.6. The number of fused-ring (bicyclic) bond motifs is 1. The van der Waals surface area contributed by atoms with Gasteiger partial charge in [0.25, 0.3) is 0 Å². The lowest BCUT2D eigenvalue weighted by molar-refractivity contribution is 0.0786. The summed E-state index contributed by atoms with van der Waals surface area (Å²) < 4.78 is 27.2. The Morgan fingerprint density at radius 3 is 2.35 bits per heavy atom. The molecule has 0 heterocycles. The van der Waals surface area contributed by atoms with Gasteiger partial charge in [-0.1, -0.05) is 24.3 Å². The maximum atomic E-state index is 13.9. The molecule has 118 valence electrons. The van der Waals surface area contributed by atoms with E-state index in [1.807, 2.05) is 0 Å². The van der Waals surface area contributed by atoms with Gasteiger partial charge in [0, 0.05) is 23.6 Å². The van der Waals surface area contributed by atoms with Gasteiger partial charge in [-0.15, -0.1) is 0 Å². The highest BCUT2D eigenvalue weighted by Gasteiger charge is 2.23. The van der Waals surface area contributed by atoms with Gasteiger partial charge >= 0.3 is 0 Å². The van der Waals surface area contributed by atoms with Gasteiger partial charge in [0.15, 0.2) is 5.78 Å². The van der Waals surface area contributed by atoms with Crippen molar-refractivity contribution >= 4 is 17.4 Å². The number of hydrogen-bond donors (Lipinski definition) is 1. The van der Waals surface area contributed by atoms with Crippen molar-refractivity contribution < 1.29 is 18.7 Å². The lowest BCUT2D eigenvalue weighted by Crippen LogP contribution is -2.15. The molecule has 0 fully saturated rings. The fourth-order valence-electron chi connectivity index (χ4n) is 2.73. The minimum Gasteiger partial charge on any atom is -0.386 e. The van der Waals surface area contributed by atoms with E-state index in [1.54, 1.807) is 44.2 Å². The molecule has 2 aromatic rings. The smallest absolute Gasteiger partial charge is 0.168 e. The van der Waals surface area contributed by atoms with Gasteiger partial charge in [0.1, 0.15) is 11.6 Å². The molecule has 0 amide bonds. The first-order valence-corrected chi connectivity index (χ1v) is 7.32. The average Bonchev–Trinajstić information content (AvgIpc) is 2.47. The number of aliphatic hydroxyl groups is 1. The maximum Gasteiger partial charge on any atom is 0.168 e. The third-order valence-electron chi connectivity index (χ3n) is 4.03. The molecule has 2 nitrogen and oxygen atoms in total. The van der Waals surface area contributed by atoms with Crippen molar-refractivity contribution in [2.45, 2.75) is 25.9 Å². The third kappa shape index (κ3) is 2.94. The van der Waals surface area contributed by atoms with E-state index in [2.05, 4.69) is 0 Å². The van der Waals surface area contributed by atoms with Gasteiger partial charge < -0.3 is 5.11 Å². The van der Waals surface area contributed by atoms with Gasteiger partial charge in [0.05, 0.1) is 5.60 Å². The van der Waals surface area contributed by atoms with E-state index in [9.17, 15) is 18.7 Å². The lowest BCUT2D eigenvalue weighted by atomic mass is 9.86. The van der Waals surface area contributed by atoms with Crippen molar-refractivity contribution in [1.29, 1.82) is 0 Å². The predicted octanol–water partition coefficient (Wildman–Crippen LogP) is 4.32. The molecular formula is C19H16F2O2. The Balaban J connectivity index is 2.04. The Morgan fingerprint density at radius 2 is 1.74 bits per heavy atom. The highest BCUT2D eigenvalue weighted by Crippen LogP contribution is 2.33. The number of rotatable bonds is 2. The molecule has 1 N–H and O–H groups in total. The molecule has 0 aliphatic heterocycles. The second-order valence-corrected chi connectivity index (χ2v) is 6.25. The summed E-state index contributed by atoms with van der Waals surface area (Å²) in [6.45, 7) is 3.37. The monoisotopic (exact) mass is 314 g/mol. The second kappa shape index (κ2) is 5.39. The highest BCUT2D eigenvalue weighted by molar-refractivity contribution is 6.11. The zero-order chi connectivity index (χ0) is 16.8. The fourth-order valence-corrected chi connectivity index (χ4v) is 2.73. The van der Waals surface area contributed by atoms with E-state index in [-0.39, 0.29) is 23.3 Å². The van der Waals surface area contributed by atoms with Crippen LogP contribution in [0, 0.1) is 11.6 Å². The molecule has 4 heteroatoms. The Morgan fingerprint density at radius 1 is 1.09 bits per heavy atom. The van der Waals surface area contributed by atoms with Crippen LogP contribution in [0.25, 0.3) is 11.6 Å². The Bertz CT molecular complexity index is 812. The van der Waals surface area contributed by atoms with Gasteiger partial charge in [-0.05, 0) is 42.7 Å². The van der Waals surface area contributed by atoms with Crippen molar-refractivity contribution in [3.8, 4) is 0 Å². The summed E-state index contributed by atoms with van der Waals surface area (Å²) in [4.78, 5) is 12.2. The molecule has 1 aliphatic carbocycles. The van der Waals surface area contributed by atoms with Crippen LogP contribution in [0.3, 0.4) is 0 Å². The molecule has 0 radical (unpaired) electrons. The summed E-state index contributed by atoms with van der Waals surface area (Å²) >= 11 is 0. The highest BCUT2D eigenvalue weighted by atomic mass is 19.1. The van der Waals surface area contributed by atoms with Gasteiger partial charge in [-0.3, -0.25) is 4.79 Å². The summed E-state index contributed by atoms with van der Waals surface area (Å²) in [5, 5.41) is 9.97. The van der Waals surface area contributed by atoms with E-state index in [1.165, 1.54) is 0 Å². The standard InChI is InChI=1S/C19H16F2O2/c1-19(2,23)13-5-3-11(4-6-13)12-7-15-16(18(22)8-12)9-14(20)10-17(15)21/h3-7,9-10,23H,8H2,1-2H3. The van der Waals surface area contributed by atoms with Crippen molar-refractivity contribution in [1.82, 2.24) is 0 Å². The molecule has 0 bridgehead atoms.